The lowest BCUT2D eigenvalue weighted by molar-refractivity contribution is 0.110. The molecular formula is C10H7ClO3. The summed E-state index contributed by atoms with van der Waals surface area (Å²) in [7, 11) is 1.57. The highest BCUT2D eigenvalue weighted by Gasteiger charge is 2.11. The van der Waals surface area contributed by atoms with Crippen LogP contribution in [0.3, 0.4) is 0 Å². The Kier molecular flexibility index (Phi) is 2.17. The van der Waals surface area contributed by atoms with E-state index in [0.29, 0.717) is 28.0 Å². The second-order valence-corrected chi connectivity index (χ2v) is 3.14. The molecular weight excluding hydrogens is 204 g/mol. The summed E-state index contributed by atoms with van der Waals surface area (Å²) in [6.07, 6.45) is 0.592. The van der Waals surface area contributed by atoms with Gasteiger partial charge in [0.2, 0.25) is 0 Å². The molecule has 0 bridgehead atoms. The van der Waals surface area contributed by atoms with Crippen molar-refractivity contribution in [2.24, 2.45) is 0 Å². The normalized spacial score (nSPS) is 10.4. The van der Waals surface area contributed by atoms with Gasteiger partial charge in [-0.1, -0.05) is 11.6 Å². The predicted octanol–water partition coefficient (Wildman–Crippen LogP) is 2.91. The lowest BCUT2D eigenvalue weighted by Gasteiger charge is -1.97. The Balaban J connectivity index is 2.74. The van der Waals surface area contributed by atoms with Crippen LogP contribution in [0.25, 0.3) is 11.0 Å². The Morgan fingerprint density at radius 3 is 2.93 bits per heavy atom. The molecule has 3 nitrogen and oxygen atoms in total. The van der Waals surface area contributed by atoms with E-state index < -0.39 is 0 Å². The first-order valence-electron chi connectivity index (χ1n) is 3.97. The van der Waals surface area contributed by atoms with Gasteiger partial charge in [-0.25, -0.2) is 0 Å². The van der Waals surface area contributed by atoms with Gasteiger partial charge in [-0.15, -0.1) is 0 Å². The topological polar surface area (TPSA) is 39.4 Å². The third kappa shape index (κ3) is 1.26. The fourth-order valence-corrected chi connectivity index (χ4v) is 1.50. The van der Waals surface area contributed by atoms with Crippen molar-refractivity contribution in [2.45, 2.75) is 0 Å². The minimum Gasteiger partial charge on any atom is -0.497 e. The van der Waals surface area contributed by atoms with Crippen LogP contribution in [0.15, 0.2) is 22.6 Å². The van der Waals surface area contributed by atoms with Crippen molar-refractivity contribution in [1.29, 1.82) is 0 Å². The second kappa shape index (κ2) is 3.35. The fourth-order valence-electron chi connectivity index (χ4n) is 1.27. The van der Waals surface area contributed by atoms with Crippen molar-refractivity contribution in [3.63, 3.8) is 0 Å². The zero-order valence-electron chi connectivity index (χ0n) is 7.41. The van der Waals surface area contributed by atoms with Crippen LogP contribution in [0.2, 0.25) is 5.02 Å². The summed E-state index contributed by atoms with van der Waals surface area (Å²) in [6.45, 7) is 0. The van der Waals surface area contributed by atoms with Gasteiger partial charge >= 0.3 is 0 Å². The highest BCUT2D eigenvalue weighted by atomic mass is 35.5. The molecule has 2 rings (SSSR count). The molecule has 0 saturated heterocycles. The Bertz CT molecular complexity index is 487. The summed E-state index contributed by atoms with van der Waals surface area (Å²) < 4.78 is 10.2. The number of aldehydes is 1. The molecule has 1 aromatic heterocycles. The molecule has 0 amide bonds. The van der Waals surface area contributed by atoms with E-state index >= 15 is 0 Å². The van der Waals surface area contributed by atoms with Gasteiger partial charge in [-0.05, 0) is 18.2 Å². The standard InChI is InChI=1S/C10H7ClO3/c1-13-6-2-3-8-7(4-6)10(11)9(5-12)14-8/h2-5H,1H3. The molecule has 0 aliphatic heterocycles. The van der Waals surface area contributed by atoms with Crippen LogP contribution in [0, 0.1) is 0 Å². The van der Waals surface area contributed by atoms with Crippen molar-refractivity contribution in [1.82, 2.24) is 0 Å². The molecule has 0 unspecified atom stereocenters. The van der Waals surface area contributed by atoms with Crippen molar-refractivity contribution >= 4 is 28.9 Å². The molecule has 0 saturated carbocycles. The quantitative estimate of drug-likeness (QED) is 0.716. The summed E-state index contributed by atoms with van der Waals surface area (Å²) in [6, 6.07) is 5.19. The lowest BCUT2D eigenvalue weighted by atomic mass is 10.2. The number of hydrogen-bond donors (Lipinski definition) is 0. The number of ether oxygens (including phenoxy) is 1. The zero-order chi connectivity index (χ0) is 10.1. The van der Waals surface area contributed by atoms with Gasteiger partial charge in [0.25, 0.3) is 0 Å². The molecule has 1 heterocycles. The van der Waals surface area contributed by atoms with Gasteiger partial charge in [0.05, 0.1) is 12.1 Å². The molecule has 0 spiro atoms. The number of benzene rings is 1. The van der Waals surface area contributed by atoms with E-state index in [4.69, 9.17) is 20.8 Å². The third-order valence-corrected chi connectivity index (χ3v) is 2.36. The average molecular weight is 211 g/mol. The molecule has 4 heteroatoms. The number of furan rings is 1. The maximum Gasteiger partial charge on any atom is 0.186 e. The van der Waals surface area contributed by atoms with Crippen LogP contribution in [-0.4, -0.2) is 13.4 Å². The molecule has 0 fully saturated rings. The van der Waals surface area contributed by atoms with Gasteiger partial charge in [0.1, 0.15) is 11.3 Å². The minimum atomic E-state index is 0.148. The lowest BCUT2D eigenvalue weighted by Crippen LogP contribution is -1.80. The fraction of sp³-hybridized carbons (Fsp3) is 0.100. The van der Waals surface area contributed by atoms with Crippen LogP contribution in [0.1, 0.15) is 10.6 Å². The average Bonchev–Trinajstić information content (AvgIpc) is 2.55. The Morgan fingerprint density at radius 1 is 1.50 bits per heavy atom. The summed E-state index contributed by atoms with van der Waals surface area (Å²) in [5.41, 5.74) is 0.581. The summed E-state index contributed by atoms with van der Waals surface area (Å²) in [5.74, 6) is 0.826. The highest BCUT2D eigenvalue weighted by molar-refractivity contribution is 6.37. The number of fused-ring (bicyclic) bond motifs is 1. The smallest absolute Gasteiger partial charge is 0.186 e. The van der Waals surface area contributed by atoms with Gasteiger partial charge in [-0.3, -0.25) is 4.79 Å². The van der Waals surface area contributed by atoms with E-state index in [1.54, 1.807) is 25.3 Å². The van der Waals surface area contributed by atoms with Gasteiger partial charge < -0.3 is 9.15 Å². The SMILES string of the molecule is COc1ccc2oc(C=O)c(Cl)c2c1. The summed E-state index contributed by atoms with van der Waals surface area (Å²) in [5, 5.41) is 1.02. The first-order valence-corrected chi connectivity index (χ1v) is 4.35. The Morgan fingerprint density at radius 2 is 2.29 bits per heavy atom. The predicted molar refractivity (Wildman–Crippen MR) is 53.2 cm³/mol. The number of carbonyl (C=O) groups excluding carboxylic acids is 1. The number of halogens is 1. The zero-order valence-corrected chi connectivity index (χ0v) is 8.17. The van der Waals surface area contributed by atoms with Gasteiger partial charge in [0, 0.05) is 5.39 Å². The molecule has 0 atom stereocenters. The van der Waals surface area contributed by atoms with Crippen LogP contribution < -0.4 is 4.74 Å². The summed E-state index contributed by atoms with van der Waals surface area (Å²) >= 11 is 5.91. The number of rotatable bonds is 2. The van der Waals surface area contributed by atoms with Crippen LogP contribution >= 0.6 is 11.6 Å². The monoisotopic (exact) mass is 210 g/mol. The molecule has 0 radical (unpaired) electrons. The van der Waals surface area contributed by atoms with Gasteiger partial charge in [0.15, 0.2) is 12.0 Å². The summed E-state index contributed by atoms with van der Waals surface area (Å²) in [4.78, 5) is 10.5. The van der Waals surface area contributed by atoms with Crippen LogP contribution in [-0.2, 0) is 0 Å². The van der Waals surface area contributed by atoms with E-state index in [-0.39, 0.29) is 5.76 Å². The molecule has 2 aromatic rings. The molecule has 72 valence electrons. The number of carbonyl (C=O) groups is 1. The maximum atomic E-state index is 10.5. The maximum absolute atomic E-state index is 10.5. The second-order valence-electron chi connectivity index (χ2n) is 2.76. The Labute approximate surface area is 85.2 Å². The molecule has 0 aliphatic carbocycles. The first kappa shape index (κ1) is 9.09. The van der Waals surface area contributed by atoms with Crippen molar-refractivity contribution in [2.75, 3.05) is 7.11 Å². The van der Waals surface area contributed by atoms with Crippen molar-refractivity contribution < 1.29 is 13.9 Å². The molecule has 14 heavy (non-hydrogen) atoms. The van der Waals surface area contributed by atoms with E-state index in [1.807, 2.05) is 0 Å². The molecule has 1 aromatic carbocycles. The van der Waals surface area contributed by atoms with Crippen molar-refractivity contribution in [3.8, 4) is 5.75 Å². The van der Waals surface area contributed by atoms with E-state index in [2.05, 4.69) is 0 Å². The molecule has 0 N–H and O–H groups in total. The van der Waals surface area contributed by atoms with Gasteiger partial charge in [-0.2, -0.15) is 0 Å². The van der Waals surface area contributed by atoms with Crippen LogP contribution in [0.4, 0.5) is 0 Å². The molecule has 0 aliphatic rings. The van der Waals surface area contributed by atoms with E-state index in [9.17, 15) is 4.79 Å². The van der Waals surface area contributed by atoms with E-state index in [0.717, 1.165) is 0 Å². The number of methoxy groups -OCH3 is 1. The minimum absolute atomic E-state index is 0.148. The Hall–Kier alpha value is -1.48. The van der Waals surface area contributed by atoms with E-state index in [1.165, 1.54) is 0 Å². The third-order valence-electron chi connectivity index (χ3n) is 1.97. The van der Waals surface area contributed by atoms with Crippen LogP contribution in [0.5, 0.6) is 5.75 Å². The highest BCUT2D eigenvalue weighted by Crippen LogP contribution is 2.31. The number of hydrogen-bond acceptors (Lipinski definition) is 3. The largest absolute Gasteiger partial charge is 0.497 e. The first-order chi connectivity index (χ1) is 6.76. The van der Waals surface area contributed by atoms with Crippen molar-refractivity contribution in [3.05, 3.63) is 29.0 Å².